The summed E-state index contributed by atoms with van der Waals surface area (Å²) < 4.78 is -0.861. The van der Waals surface area contributed by atoms with Crippen molar-refractivity contribution in [2.75, 3.05) is 0 Å². The molecule has 12 heavy (non-hydrogen) atoms. The fraction of sp³-hybridized carbons (Fsp3) is 0.857. The molecular formula is C7H15N2O2Pt. The van der Waals surface area contributed by atoms with E-state index < -0.39 is 4.36 Å². The topological polar surface area (TPSA) is 89.3 Å². The Morgan fingerprint density at radius 1 is 1.25 bits per heavy atom. The van der Waals surface area contributed by atoms with Crippen LogP contribution in [-0.4, -0.2) is 21.5 Å². The molecule has 0 aromatic carbocycles. The van der Waals surface area contributed by atoms with Crippen LogP contribution in [0.25, 0.3) is 0 Å². The van der Waals surface area contributed by atoms with E-state index in [9.17, 15) is 0 Å². The van der Waals surface area contributed by atoms with Gasteiger partial charge in [0.15, 0.2) is 0 Å². The fourth-order valence-electron chi connectivity index (χ4n) is 1.19. The molecule has 1 saturated carbocycles. The van der Waals surface area contributed by atoms with E-state index in [0.29, 0.717) is 0 Å². The molecular weight excluding hydrogens is 339 g/mol. The molecule has 1 fully saturated rings. The average Bonchev–Trinajstić information content (AvgIpc) is 1.94. The Morgan fingerprint density at radius 3 is 1.67 bits per heavy atom. The number of carbonyl (C=O) groups is 1. The molecule has 0 aromatic rings. The van der Waals surface area contributed by atoms with Gasteiger partial charge in [0, 0.05) is 12.1 Å². The van der Waals surface area contributed by atoms with Gasteiger partial charge in [0.1, 0.15) is 0 Å². The zero-order chi connectivity index (χ0) is 9.56. The average molecular weight is 354 g/mol. The maximum absolute atomic E-state index is 8.99. The van der Waals surface area contributed by atoms with E-state index in [2.05, 4.69) is 0 Å². The van der Waals surface area contributed by atoms with Gasteiger partial charge in [-0.1, -0.05) is 12.8 Å². The van der Waals surface area contributed by atoms with Crippen LogP contribution in [0.4, 0.5) is 4.79 Å². The molecule has 0 aliphatic heterocycles. The first-order chi connectivity index (χ1) is 5.54. The summed E-state index contributed by atoms with van der Waals surface area (Å²) in [4.78, 5) is 8.99. The van der Waals surface area contributed by atoms with Crippen molar-refractivity contribution < 1.29 is 29.7 Å². The Balaban J connectivity index is 0.000000261. The van der Waals surface area contributed by atoms with Gasteiger partial charge in [-0.15, -0.1) is 0 Å². The molecule has 1 aliphatic carbocycles. The van der Waals surface area contributed by atoms with Gasteiger partial charge in [-0.25, -0.2) is 0 Å². The normalized spacial score (nSPS) is 28.7. The first kappa shape index (κ1) is 12.1. The summed E-state index contributed by atoms with van der Waals surface area (Å²) in [6.07, 6.45) is 4.80. The Morgan fingerprint density at radius 2 is 1.50 bits per heavy atom. The number of hydrogen-bond donors (Lipinski definition) is 3. The first-order valence-corrected chi connectivity index (χ1v) is 5.04. The van der Waals surface area contributed by atoms with Crippen molar-refractivity contribution in [2.45, 2.75) is 37.8 Å². The molecule has 0 heterocycles. The van der Waals surface area contributed by atoms with Crippen molar-refractivity contribution in [3.8, 4) is 0 Å². The second-order valence-corrected chi connectivity index (χ2v) is 3.81. The standard InChI is InChI=1S/C6H14N2.CHO2.Pt/c7-5-3-1-2-4-6(5)8;2-1-3;/h5-6H,1-4,7-8H2;(H,2,3);. The van der Waals surface area contributed by atoms with Crippen LogP contribution in [0.5, 0.6) is 0 Å². The minimum atomic E-state index is -0.861. The second kappa shape index (κ2) is 6.58. The van der Waals surface area contributed by atoms with Gasteiger partial charge in [0.25, 0.3) is 0 Å². The predicted molar refractivity (Wildman–Crippen MR) is 42.4 cm³/mol. The molecule has 0 spiro atoms. The van der Waals surface area contributed by atoms with Gasteiger partial charge in [0.05, 0.1) is 0 Å². The maximum atomic E-state index is 8.99. The monoisotopic (exact) mass is 354 g/mol. The first-order valence-electron chi connectivity index (χ1n) is 3.90. The van der Waals surface area contributed by atoms with E-state index in [0.717, 1.165) is 12.8 Å². The predicted octanol–water partition coefficient (Wildman–Crippen LogP) is 0.426. The van der Waals surface area contributed by atoms with E-state index in [4.69, 9.17) is 21.4 Å². The van der Waals surface area contributed by atoms with Gasteiger partial charge in [-0.2, -0.15) is 0 Å². The molecule has 5 heteroatoms. The third-order valence-corrected chi connectivity index (χ3v) is 1.87. The SMILES string of the molecule is NC1CCCCC1N.O=[C](O)[Pt]. The molecule has 0 aromatic heterocycles. The minimum absolute atomic E-state index is 0.281. The van der Waals surface area contributed by atoms with Crippen LogP contribution in [0.3, 0.4) is 0 Å². The van der Waals surface area contributed by atoms with Crippen LogP contribution in [0.1, 0.15) is 25.7 Å². The summed E-state index contributed by atoms with van der Waals surface area (Å²) in [6.45, 7) is 0. The van der Waals surface area contributed by atoms with E-state index in [1.807, 2.05) is 0 Å². The summed E-state index contributed by atoms with van der Waals surface area (Å²) >= 11 is 1.25. The molecule has 5 N–H and O–H groups in total. The summed E-state index contributed by atoms with van der Waals surface area (Å²) in [5.74, 6) is 0. The van der Waals surface area contributed by atoms with Crippen LogP contribution in [0.2, 0.25) is 0 Å². The van der Waals surface area contributed by atoms with E-state index in [1.54, 1.807) is 0 Å². The van der Waals surface area contributed by atoms with Crippen LogP contribution in [0, 0.1) is 0 Å². The Labute approximate surface area is 83.6 Å². The quantitative estimate of drug-likeness (QED) is 0.588. The van der Waals surface area contributed by atoms with Crippen molar-refractivity contribution in [3.63, 3.8) is 0 Å². The van der Waals surface area contributed by atoms with Gasteiger partial charge in [-0.05, 0) is 12.8 Å². The molecule has 0 radical (unpaired) electrons. The van der Waals surface area contributed by atoms with Crippen LogP contribution in [0.15, 0.2) is 0 Å². The number of carboxylic acid groups (broad SMARTS) is 1. The van der Waals surface area contributed by atoms with Crippen molar-refractivity contribution >= 4 is 4.36 Å². The zero-order valence-electron chi connectivity index (χ0n) is 6.81. The third-order valence-electron chi connectivity index (χ3n) is 1.87. The van der Waals surface area contributed by atoms with Gasteiger partial charge in [0.2, 0.25) is 0 Å². The van der Waals surface area contributed by atoms with Crippen molar-refractivity contribution in [3.05, 3.63) is 0 Å². The number of hydrogen-bond acceptors (Lipinski definition) is 3. The fourth-order valence-corrected chi connectivity index (χ4v) is 1.19. The van der Waals surface area contributed by atoms with Gasteiger partial charge in [-0.3, -0.25) is 0 Å². The third kappa shape index (κ3) is 6.77. The summed E-state index contributed by atoms with van der Waals surface area (Å²) in [7, 11) is 0. The molecule has 75 valence electrons. The summed E-state index contributed by atoms with van der Waals surface area (Å²) in [6, 6.07) is 0.562. The molecule has 0 amide bonds. The van der Waals surface area contributed by atoms with Crippen molar-refractivity contribution in [1.82, 2.24) is 0 Å². The Kier molecular flexibility index (Phi) is 6.62. The van der Waals surface area contributed by atoms with E-state index >= 15 is 0 Å². The molecule has 1 rings (SSSR count). The van der Waals surface area contributed by atoms with E-state index in [-0.39, 0.29) is 12.1 Å². The van der Waals surface area contributed by atoms with E-state index in [1.165, 1.54) is 32.7 Å². The van der Waals surface area contributed by atoms with Crippen LogP contribution in [-0.2, 0) is 19.8 Å². The molecule has 2 unspecified atom stereocenters. The zero-order valence-corrected chi connectivity index (χ0v) is 9.08. The second-order valence-electron chi connectivity index (χ2n) is 2.84. The molecule has 4 nitrogen and oxygen atoms in total. The molecule has 1 aliphatic rings. The molecule has 0 saturated heterocycles. The number of rotatable bonds is 0. The summed E-state index contributed by atoms with van der Waals surface area (Å²) in [5, 5.41) is 7.40. The Bertz CT molecular complexity index is 129. The van der Waals surface area contributed by atoms with Gasteiger partial charge < -0.3 is 11.5 Å². The molecule has 0 bridgehead atoms. The van der Waals surface area contributed by atoms with Gasteiger partial charge >= 0.3 is 34.1 Å². The van der Waals surface area contributed by atoms with Crippen LogP contribution < -0.4 is 11.5 Å². The number of nitrogens with two attached hydrogens (primary N) is 2. The van der Waals surface area contributed by atoms with Crippen LogP contribution >= 0.6 is 0 Å². The Hall–Kier alpha value is 0.0783. The van der Waals surface area contributed by atoms with Crippen molar-refractivity contribution in [1.29, 1.82) is 0 Å². The summed E-state index contributed by atoms with van der Waals surface area (Å²) in [5.41, 5.74) is 11.3. The van der Waals surface area contributed by atoms with Crippen molar-refractivity contribution in [2.24, 2.45) is 11.5 Å². The molecule has 2 atom stereocenters.